The SMILES string of the molecule is Cc1cccc(F)c1Nc1ncnc(Cl)c1[N+](=O)[O-]. The van der Waals surface area contributed by atoms with Crippen molar-refractivity contribution < 1.29 is 9.31 Å². The lowest BCUT2D eigenvalue weighted by atomic mass is 10.2. The third-order valence-corrected chi connectivity index (χ3v) is 2.70. The Morgan fingerprint density at radius 1 is 1.42 bits per heavy atom. The van der Waals surface area contributed by atoms with E-state index in [0.29, 0.717) is 5.56 Å². The molecular formula is C11H8ClFN4O2. The predicted molar refractivity (Wildman–Crippen MR) is 68.1 cm³/mol. The molecule has 0 spiro atoms. The first-order valence-corrected chi connectivity index (χ1v) is 5.55. The third kappa shape index (κ3) is 2.60. The van der Waals surface area contributed by atoms with Gasteiger partial charge in [-0.1, -0.05) is 23.7 Å². The van der Waals surface area contributed by atoms with Gasteiger partial charge in [0, 0.05) is 0 Å². The molecule has 1 aromatic heterocycles. The van der Waals surface area contributed by atoms with Gasteiger partial charge in [-0.2, -0.15) is 0 Å². The second-order valence-corrected chi connectivity index (χ2v) is 4.03. The summed E-state index contributed by atoms with van der Waals surface area (Å²) in [5.74, 6) is -0.692. The molecule has 19 heavy (non-hydrogen) atoms. The van der Waals surface area contributed by atoms with Crippen LogP contribution in [0.4, 0.5) is 21.6 Å². The minimum atomic E-state index is -0.721. The molecule has 0 bridgehead atoms. The lowest BCUT2D eigenvalue weighted by molar-refractivity contribution is -0.384. The highest BCUT2D eigenvalue weighted by atomic mass is 35.5. The van der Waals surface area contributed by atoms with Crippen LogP contribution < -0.4 is 5.32 Å². The van der Waals surface area contributed by atoms with Crippen LogP contribution in [0.1, 0.15) is 5.56 Å². The maximum atomic E-state index is 13.7. The van der Waals surface area contributed by atoms with Gasteiger partial charge < -0.3 is 5.32 Å². The minimum absolute atomic E-state index is 0.111. The highest BCUT2D eigenvalue weighted by Gasteiger charge is 2.22. The molecule has 0 amide bonds. The fraction of sp³-hybridized carbons (Fsp3) is 0.0909. The third-order valence-electron chi connectivity index (χ3n) is 2.43. The Bertz CT molecular complexity index is 630. The number of hydrogen-bond acceptors (Lipinski definition) is 5. The molecule has 0 saturated carbocycles. The molecule has 1 aromatic carbocycles. The van der Waals surface area contributed by atoms with Crippen molar-refractivity contribution in [1.29, 1.82) is 0 Å². The topological polar surface area (TPSA) is 81.0 Å². The Morgan fingerprint density at radius 2 is 2.16 bits per heavy atom. The summed E-state index contributed by atoms with van der Waals surface area (Å²) in [5.41, 5.74) is 0.205. The summed E-state index contributed by atoms with van der Waals surface area (Å²) >= 11 is 5.64. The lowest BCUT2D eigenvalue weighted by Crippen LogP contribution is -2.04. The van der Waals surface area contributed by atoms with Gasteiger partial charge >= 0.3 is 5.69 Å². The molecule has 0 radical (unpaired) electrons. The van der Waals surface area contributed by atoms with Crippen LogP contribution in [-0.4, -0.2) is 14.9 Å². The molecule has 2 rings (SSSR count). The second kappa shape index (κ2) is 5.15. The van der Waals surface area contributed by atoms with Crippen LogP contribution in [0.3, 0.4) is 0 Å². The first kappa shape index (κ1) is 13.2. The molecular weight excluding hydrogens is 275 g/mol. The van der Waals surface area contributed by atoms with E-state index in [9.17, 15) is 14.5 Å². The Balaban J connectivity index is 2.50. The lowest BCUT2D eigenvalue weighted by Gasteiger charge is -2.09. The molecule has 8 heteroatoms. The van der Waals surface area contributed by atoms with Gasteiger partial charge in [-0.15, -0.1) is 0 Å². The maximum Gasteiger partial charge on any atom is 0.348 e. The monoisotopic (exact) mass is 282 g/mol. The van der Waals surface area contributed by atoms with Gasteiger partial charge in [0.05, 0.1) is 10.6 Å². The largest absolute Gasteiger partial charge is 0.348 e. The predicted octanol–water partition coefficient (Wildman–Crippen LogP) is 3.23. The summed E-state index contributed by atoms with van der Waals surface area (Å²) in [4.78, 5) is 17.4. The van der Waals surface area contributed by atoms with Crippen molar-refractivity contribution in [2.45, 2.75) is 6.92 Å². The van der Waals surface area contributed by atoms with Crippen LogP contribution in [-0.2, 0) is 0 Å². The van der Waals surface area contributed by atoms with E-state index in [2.05, 4.69) is 15.3 Å². The zero-order chi connectivity index (χ0) is 14.0. The van der Waals surface area contributed by atoms with Gasteiger partial charge in [-0.25, -0.2) is 14.4 Å². The Hall–Kier alpha value is -2.28. The molecule has 0 aliphatic rings. The van der Waals surface area contributed by atoms with Crippen LogP contribution in [0.25, 0.3) is 0 Å². The summed E-state index contributed by atoms with van der Waals surface area (Å²) in [7, 11) is 0. The quantitative estimate of drug-likeness (QED) is 0.531. The summed E-state index contributed by atoms with van der Waals surface area (Å²) in [6.07, 6.45) is 1.06. The van der Waals surface area contributed by atoms with Crippen LogP contribution >= 0.6 is 11.6 Å². The average Bonchev–Trinajstić information content (AvgIpc) is 2.33. The van der Waals surface area contributed by atoms with Crippen molar-refractivity contribution in [3.8, 4) is 0 Å². The molecule has 1 heterocycles. The van der Waals surface area contributed by atoms with Crippen LogP contribution in [0, 0.1) is 22.9 Å². The number of halogens is 2. The second-order valence-electron chi connectivity index (χ2n) is 3.68. The molecule has 6 nitrogen and oxygen atoms in total. The molecule has 98 valence electrons. The van der Waals surface area contributed by atoms with E-state index in [0.717, 1.165) is 6.33 Å². The number of hydrogen-bond donors (Lipinski definition) is 1. The van der Waals surface area contributed by atoms with E-state index in [1.54, 1.807) is 13.0 Å². The summed E-state index contributed by atoms with van der Waals surface area (Å²) in [6.45, 7) is 1.67. The van der Waals surface area contributed by atoms with Gasteiger partial charge in [-0.05, 0) is 18.6 Å². The number of nitro groups is 1. The zero-order valence-corrected chi connectivity index (χ0v) is 10.5. The van der Waals surface area contributed by atoms with Gasteiger partial charge in [0.15, 0.2) is 0 Å². The molecule has 0 atom stereocenters. The summed E-state index contributed by atoms with van der Waals surface area (Å²) in [6, 6.07) is 4.45. The number of benzene rings is 1. The number of para-hydroxylation sites is 1. The number of anilines is 2. The average molecular weight is 283 g/mol. The molecule has 0 aliphatic carbocycles. The highest BCUT2D eigenvalue weighted by molar-refractivity contribution is 6.31. The number of nitrogens with zero attached hydrogens (tertiary/aromatic N) is 3. The standard InChI is InChI=1S/C11H8ClFN4O2/c1-6-3-2-4-7(13)8(6)16-11-9(17(18)19)10(12)14-5-15-11/h2-5H,1H3,(H,14,15,16). The molecule has 0 aliphatic heterocycles. The fourth-order valence-corrected chi connectivity index (χ4v) is 1.72. The Kier molecular flexibility index (Phi) is 3.57. The van der Waals surface area contributed by atoms with E-state index in [1.807, 2.05) is 0 Å². The van der Waals surface area contributed by atoms with E-state index in [1.165, 1.54) is 12.1 Å². The summed E-state index contributed by atoms with van der Waals surface area (Å²) < 4.78 is 13.7. The Labute approximate surface area is 112 Å². The van der Waals surface area contributed by atoms with Gasteiger partial charge in [0.25, 0.3) is 0 Å². The first-order valence-electron chi connectivity index (χ1n) is 5.17. The maximum absolute atomic E-state index is 13.7. The van der Waals surface area contributed by atoms with Crippen LogP contribution in [0.5, 0.6) is 0 Å². The van der Waals surface area contributed by atoms with Crippen LogP contribution in [0.2, 0.25) is 5.15 Å². The zero-order valence-electron chi connectivity index (χ0n) is 9.72. The normalized spacial score (nSPS) is 10.3. The Morgan fingerprint density at radius 3 is 2.79 bits per heavy atom. The number of rotatable bonds is 3. The van der Waals surface area contributed by atoms with Gasteiger partial charge in [0.2, 0.25) is 11.0 Å². The van der Waals surface area contributed by atoms with E-state index < -0.39 is 16.4 Å². The molecule has 0 saturated heterocycles. The van der Waals surface area contributed by atoms with Crippen molar-refractivity contribution in [3.05, 3.63) is 51.2 Å². The van der Waals surface area contributed by atoms with Crippen molar-refractivity contribution in [2.24, 2.45) is 0 Å². The summed E-state index contributed by atoms with van der Waals surface area (Å²) in [5, 5.41) is 13.2. The molecule has 0 fully saturated rings. The van der Waals surface area contributed by atoms with Crippen molar-refractivity contribution in [3.63, 3.8) is 0 Å². The highest BCUT2D eigenvalue weighted by Crippen LogP contribution is 2.32. The molecule has 0 unspecified atom stereocenters. The fourth-order valence-electron chi connectivity index (χ4n) is 1.52. The minimum Gasteiger partial charge on any atom is -0.332 e. The molecule has 2 aromatic rings. The number of nitrogens with one attached hydrogen (secondary N) is 1. The smallest absolute Gasteiger partial charge is 0.332 e. The number of aromatic nitrogens is 2. The van der Waals surface area contributed by atoms with E-state index in [-0.39, 0.29) is 16.7 Å². The van der Waals surface area contributed by atoms with Gasteiger partial charge in [-0.3, -0.25) is 10.1 Å². The van der Waals surface area contributed by atoms with E-state index >= 15 is 0 Å². The molecule has 1 N–H and O–H groups in total. The van der Waals surface area contributed by atoms with Crippen molar-refractivity contribution >= 4 is 28.8 Å². The van der Waals surface area contributed by atoms with Crippen molar-refractivity contribution in [2.75, 3.05) is 5.32 Å². The van der Waals surface area contributed by atoms with Crippen LogP contribution in [0.15, 0.2) is 24.5 Å². The van der Waals surface area contributed by atoms with E-state index in [4.69, 9.17) is 11.6 Å². The van der Waals surface area contributed by atoms with Gasteiger partial charge in [0.1, 0.15) is 12.1 Å². The van der Waals surface area contributed by atoms with Crippen molar-refractivity contribution in [1.82, 2.24) is 9.97 Å². The number of aryl methyl sites for hydroxylation is 1. The first-order chi connectivity index (χ1) is 9.00.